The fraction of sp³-hybridized carbons (Fsp3) is 0.951. The average Bonchev–Trinajstić information content (AvgIpc) is 0.774. The van der Waals surface area contributed by atoms with Gasteiger partial charge in [-0.05, 0) is 6.42 Å². The van der Waals surface area contributed by atoms with Gasteiger partial charge >= 0.3 is 6.09 Å². The summed E-state index contributed by atoms with van der Waals surface area (Å²) in [6, 6.07) is -14.6. The van der Waals surface area contributed by atoms with Crippen LogP contribution in [0.5, 0.6) is 0 Å². The number of aliphatic hydroxyl groups is 20. The molecule has 9 saturated heterocycles. The van der Waals surface area contributed by atoms with Crippen LogP contribution in [0.15, 0.2) is 0 Å². The number of alkyl carbamates (subject to hydrolysis) is 1. The summed E-state index contributed by atoms with van der Waals surface area (Å²) in [5.41, 5.74) is 50.2. The van der Waals surface area contributed by atoms with Crippen LogP contribution in [-0.2, 0) is 94.9 Å². The second-order valence-corrected chi connectivity index (χ2v) is 27.8. The molecule has 50 nitrogen and oxygen atoms in total. The molecule has 0 saturated carbocycles. The van der Waals surface area contributed by atoms with Crippen LogP contribution in [0, 0.1) is 0 Å². The highest BCUT2D eigenvalue weighted by molar-refractivity contribution is 5.67. The molecule has 0 spiro atoms. The highest BCUT2D eigenvalue weighted by Gasteiger charge is 2.60. The summed E-state index contributed by atoms with van der Waals surface area (Å²) in [5, 5.41) is 219. The molecule has 111 heavy (non-hydrogen) atoms. The zero-order chi connectivity index (χ0) is 81.9. The van der Waals surface area contributed by atoms with E-state index in [4.69, 9.17) is 131 Å². The van der Waals surface area contributed by atoms with E-state index in [-0.39, 0.29) is 0 Å². The van der Waals surface area contributed by atoms with Crippen molar-refractivity contribution in [2.45, 2.75) is 295 Å². The Hall–Kier alpha value is -3.19. The molecule has 0 aromatic heterocycles. The predicted molar refractivity (Wildman–Crippen MR) is 352 cm³/mol. The molecule has 45 atom stereocenters. The van der Waals surface area contributed by atoms with Crippen molar-refractivity contribution in [1.82, 2.24) is 5.32 Å². The summed E-state index contributed by atoms with van der Waals surface area (Å²) >= 11 is 0. The molecule has 0 aromatic rings. The first-order valence-corrected chi connectivity index (χ1v) is 35.7. The van der Waals surface area contributed by atoms with Crippen molar-refractivity contribution in [1.29, 1.82) is 0 Å². The molecule has 9 aliphatic rings. The molecule has 9 rings (SSSR count). The second-order valence-electron chi connectivity index (χ2n) is 27.8. The van der Waals surface area contributed by atoms with Gasteiger partial charge in [0.1, 0.15) is 183 Å². The Balaban J connectivity index is 0.00000211. The molecule has 0 aliphatic carbocycles. The van der Waals surface area contributed by atoms with Crippen molar-refractivity contribution < 1.29 is 202 Å². The van der Waals surface area contributed by atoms with Crippen molar-refractivity contribution in [3.63, 3.8) is 0 Å². The van der Waals surface area contributed by atoms with E-state index in [1.807, 2.05) is 0 Å². The Kier molecular flexibility index (Phi) is 35.7. The third-order valence-corrected chi connectivity index (χ3v) is 20.5. The molecule has 50 heteroatoms. The monoisotopic (exact) mass is 1630 g/mol. The number of nitrogens with two attached hydrogens (primary N) is 8. The van der Waals surface area contributed by atoms with Crippen molar-refractivity contribution in [2.75, 3.05) is 66.6 Å². The fourth-order valence-corrected chi connectivity index (χ4v) is 14.0. The van der Waals surface area contributed by atoms with Gasteiger partial charge < -0.3 is 248 Å². The van der Waals surface area contributed by atoms with Crippen LogP contribution in [0.1, 0.15) is 19.3 Å². The van der Waals surface area contributed by atoms with E-state index in [2.05, 4.69) is 5.32 Å². The molecule has 0 bridgehead atoms. The molecule has 9 heterocycles. The number of aliphatic hydroxyl groups excluding tert-OH is 20. The zero-order valence-electron chi connectivity index (χ0n) is 59.8. The summed E-state index contributed by atoms with van der Waals surface area (Å²) < 4.78 is 104. The number of carbonyl (C=O) groups excluding carboxylic acids is 3. The van der Waals surface area contributed by atoms with Gasteiger partial charge in [0.25, 0.3) is 0 Å². The predicted octanol–water partition coefficient (Wildman–Crippen LogP) is -20.0. The van der Waals surface area contributed by atoms with Gasteiger partial charge in [0.05, 0.1) is 115 Å². The Morgan fingerprint density at radius 2 is 0.505 bits per heavy atom. The lowest BCUT2D eigenvalue weighted by molar-refractivity contribution is -0.372. The van der Waals surface area contributed by atoms with Crippen LogP contribution in [0.3, 0.4) is 0 Å². The van der Waals surface area contributed by atoms with Gasteiger partial charge in [0, 0.05) is 12.8 Å². The normalized spacial score (nSPS) is 49.2. The van der Waals surface area contributed by atoms with Crippen LogP contribution in [-0.4, -0.2) is 463 Å². The first kappa shape index (κ1) is 93.3. The van der Waals surface area contributed by atoms with E-state index in [1.54, 1.807) is 0 Å². The van der Waals surface area contributed by atoms with Gasteiger partial charge in [0.2, 0.25) is 0 Å². The van der Waals surface area contributed by atoms with Crippen molar-refractivity contribution >= 4 is 18.7 Å². The number of methoxy groups -OCH3 is 1. The molecule has 646 valence electrons. The Labute approximate surface area is 631 Å². The van der Waals surface area contributed by atoms with Crippen molar-refractivity contribution in [3.05, 3.63) is 0 Å². The summed E-state index contributed by atoms with van der Waals surface area (Å²) in [6.45, 7) is -8.24. The Bertz CT molecular complexity index is 2770. The molecular formula is C61H111N9O41. The van der Waals surface area contributed by atoms with Crippen LogP contribution < -0.4 is 51.2 Å². The number of unbranched alkanes of at least 4 members (excludes halogenated alkanes) is 2. The van der Waals surface area contributed by atoms with Crippen LogP contribution in [0.25, 0.3) is 0 Å². The molecule has 9 fully saturated rings. The van der Waals surface area contributed by atoms with Gasteiger partial charge in [-0.2, -0.15) is 0 Å². The third kappa shape index (κ3) is 20.9. The van der Waals surface area contributed by atoms with E-state index in [1.165, 1.54) is 0 Å². The molecule has 0 unspecified atom stereocenters. The van der Waals surface area contributed by atoms with E-state index < -0.39 is 341 Å². The molecule has 9 aliphatic heterocycles. The fourth-order valence-electron chi connectivity index (χ4n) is 14.0. The van der Waals surface area contributed by atoms with Crippen LogP contribution in [0.2, 0.25) is 0 Å². The summed E-state index contributed by atoms with van der Waals surface area (Å²) in [5.74, 6) is 0. The number of amides is 1. The number of nitrogens with one attached hydrogen (secondary N) is 1. The quantitative estimate of drug-likeness (QED) is 0.0235. The number of carbonyl (C=O) groups is 3. The van der Waals surface area contributed by atoms with Gasteiger partial charge in [-0.1, -0.05) is 0 Å². The summed E-state index contributed by atoms with van der Waals surface area (Å²) in [7, 11) is 0.957. The van der Waals surface area contributed by atoms with E-state index in [0.717, 1.165) is 19.7 Å². The van der Waals surface area contributed by atoms with Crippen LogP contribution >= 0.6 is 0 Å². The maximum atomic E-state index is 12.8. The van der Waals surface area contributed by atoms with Gasteiger partial charge in [-0.25, -0.2) is 4.79 Å². The average molecular weight is 1630 g/mol. The highest BCUT2D eigenvalue weighted by Crippen LogP contribution is 2.39. The number of rotatable bonds is 30. The SMILES string of the molecule is COC(=O)N[C@H]1[C@H](O[C@H]2[C@H](O)[C@@H](N)[C@H](O[C@H]3[C@H](O)[C@@H](N)[C@H](O)O[C@@H]3CO)O[C@@H]2CO)O[C@H](CO)[C@@H](O[C@@H]2O[C@H](CO)[C@@H](O[C@@H]3O[C@H](CO)[C@@H](O[C@@H]4O[C@H](CO)[C@@H](O[C@@H]5O[C@H](CO)[C@@H](O[C@@H]6O[C@H](CO)[C@@H](O[C@@H]7O[C@H](CO)[C@@H](O)[C@H](O)[C@H]7N)[C@H](O)[C@H]6N)[C@H](O)[C@H]5N)[C@H](O)[C@H]4N)[C@H](O)[C@H]3N)[C@H](O)[C@H]2N)[C@@H]1O.O=CCCCC=O. The number of hydrogen-bond donors (Lipinski definition) is 29. The molecule has 37 N–H and O–H groups in total. The van der Waals surface area contributed by atoms with E-state index in [9.17, 15) is 117 Å². The first-order chi connectivity index (χ1) is 52.8. The lowest BCUT2D eigenvalue weighted by Gasteiger charge is -2.51. The number of ether oxygens (including phenoxy) is 18. The minimum Gasteiger partial charge on any atom is -0.453 e. The highest BCUT2D eigenvalue weighted by atomic mass is 16.8. The van der Waals surface area contributed by atoms with Gasteiger partial charge in [-0.3, -0.25) is 0 Å². The van der Waals surface area contributed by atoms with Crippen LogP contribution in [0.4, 0.5) is 4.79 Å². The Morgan fingerprint density at radius 3 is 0.748 bits per heavy atom. The minimum atomic E-state index is -2.04. The molecule has 1 amide bonds. The molecule has 0 radical (unpaired) electrons. The topological polar surface area (TPSA) is 842 Å². The zero-order valence-corrected chi connectivity index (χ0v) is 59.8. The maximum Gasteiger partial charge on any atom is 0.407 e. The number of aldehydes is 2. The van der Waals surface area contributed by atoms with Gasteiger partial charge in [0.15, 0.2) is 56.6 Å². The van der Waals surface area contributed by atoms with E-state index >= 15 is 0 Å². The third-order valence-electron chi connectivity index (χ3n) is 20.5. The lowest BCUT2D eigenvalue weighted by Crippen LogP contribution is -2.71. The largest absolute Gasteiger partial charge is 0.453 e. The Morgan fingerprint density at radius 1 is 0.297 bits per heavy atom. The molecule has 0 aromatic carbocycles. The van der Waals surface area contributed by atoms with Crippen molar-refractivity contribution in [2.24, 2.45) is 45.9 Å². The summed E-state index contributed by atoms with van der Waals surface area (Å²) in [4.78, 5) is 31.9. The standard InChI is InChI=1S/C56H103N9O39.C5H8O2/c1-87-56(86)65-28-38(84)46(19(10-74)96-55(28)104-45-18(9-73)95-49(27(64)37(45)83)97-39-12(3-67)88-47(85)20(57)31(39)77)103-54-26(63)36(82)44(17(8-72)94-54)102-53-25(62)35(81)43(16(7-71)93-53)101-52-24(61)34(80)42(15(6-70)92-52)100-51-23(60)33(79)41(14(5-69)91-51)99-50-22(59)32(78)40(13(4-68)90-50)98-48-21(58)30(76)29(75)11(2-66)89-48;6-4-2-1-3-5-7/h11-55,66-85H,2-10,57-64H2,1H3,(H,65,86);4-5H,1-3H2/t11-,12-,13-,14-,15-,16-,17-,18-,19-,20-,21-,22-,23-,24-,25-,26-,27-,28-,29-,30-,31-,32-,33-,34-,35-,36-,37-,38-,39-,40-,41-,42-,43-,44-,45-,46-,47-,48+,49+,50+,51+,52+,53+,54+,55+;/m1./s1. The van der Waals surface area contributed by atoms with Gasteiger partial charge in [-0.15, -0.1) is 0 Å². The van der Waals surface area contributed by atoms with Crippen molar-refractivity contribution in [3.8, 4) is 0 Å². The minimum absolute atomic E-state index is 0.513. The first-order valence-electron chi connectivity index (χ1n) is 35.7. The smallest absolute Gasteiger partial charge is 0.407 e. The second kappa shape index (κ2) is 42.5. The lowest BCUT2D eigenvalue weighted by atomic mass is 9.93. The van der Waals surface area contributed by atoms with E-state index in [0.29, 0.717) is 19.3 Å². The number of hydrogen-bond acceptors (Lipinski definition) is 49. The maximum absolute atomic E-state index is 12.8. The molecular weight excluding hydrogens is 1510 g/mol. The summed E-state index contributed by atoms with van der Waals surface area (Å²) in [6.07, 6.45) is -59.2.